The summed E-state index contributed by atoms with van der Waals surface area (Å²) in [6, 6.07) is 1.37. The lowest BCUT2D eigenvalue weighted by Gasteiger charge is -2.21. The zero-order valence-electron chi connectivity index (χ0n) is 13.2. The average molecular weight is 330 g/mol. The fraction of sp³-hybridized carbons (Fsp3) is 0.692. The summed E-state index contributed by atoms with van der Waals surface area (Å²) < 4.78 is 32.0. The van der Waals surface area contributed by atoms with Crippen molar-refractivity contribution in [1.29, 1.82) is 0 Å². The van der Waals surface area contributed by atoms with Crippen molar-refractivity contribution in [2.75, 3.05) is 33.1 Å². The maximum atomic E-state index is 12.3. The molecule has 1 amide bonds. The number of aromatic nitrogens is 2. The predicted molar refractivity (Wildman–Crippen MR) is 81.0 cm³/mol. The smallest absolute Gasteiger partial charge is 0.269 e. The number of ether oxygens (including phenoxy) is 1. The molecule has 1 aromatic heterocycles. The third-order valence-electron chi connectivity index (χ3n) is 3.73. The molecule has 2 rings (SSSR count). The highest BCUT2D eigenvalue weighted by Gasteiger charge is 2.34. The van der Waals surface area contributed by atoms with Gasteiger partial charge < -0.3 is 10.1 Å². The maximum Gasteiger partial charge on any atom is 0.269 e. The van der Waals surface area contributed by atoms with E-state index >= 15 is 0 Å². The first-order valence-corrected chi connectivity index (χ1v) is 8.61. The average Bonchev–Trinajstić information content (AvgIpc) is 2.95. The van der Waals surface area contributed by atoms with Gasteiger partial charge in [0, 0.05) is 27.1 Å². The second kappa shape index (κ2) is 6.35. The Hall–Kier alpha value is -1.45. The van der Waals surface area contributed by atoms with Crippen molar-refractivity contribution in [3.05, 3.63) is 17.5 Å². The number of nitrogens with zero attached hydrogens (tertiary/aromatic N) is 3. The number of sulfonamides is 1. The molecule has 1 N–H and O–H groups in total. The minimum atomic E-state index is -3.33. The maximum absolute atomic E-state index is 12.3. The molecule has 124 valence electrons. The van der Waals surface area contributed by atoms with Crippen LogP contribution in [0.2, 0.25) is 0 Å². The van der Waals surface area contributed by atoms with Crippen LogP contribution in [0.25, 0.3) is 0 Å². The molecule has 2 heterocycles. The van der Waals surface area contributed by atoms with Gasteiger partial charge in [0.1, 0.15) is 5.69 Å². The first-order chi connectivity index (χ1) is 10.2. The van der Waals surface area contributed by atoms with E-state index in [-0.39, 0.29) is 23.6 Å². The largest absolute Gasteiger partial charge is 0.379 e. The molecular weight excluding hydrogens is 308 g/mol. The van der Waals surface area contributed by atoms with Crippen molar-refractivity contribution < 1.29 is 17.9 Å². The van der Waals surface area contributed by atoms with Crippen molar-refractivity contribution in [2.24, 2.45) is 13.0 Å². The minimum Gasteiger partial charge on any atom is -0.379 e. The van der Waals surface area contributed by atoms with Crippen molar-refractivity contribution in [3.8, 4) is 0 Å². The number of rotatable bonds is 5. The highest BCUT2D eigenvalue weighted by molar-refractivity contribution is 7.89. The Kier molecular flexibility index (Phi) is 4.88. The molecule has 9 heteroatoms. The highest BCUT2D eigenvalue weighted by atomic mass is 32.2. The number of aryl methyl sites for hydroxylation is 2. The summed E-state index contributed by atoms with van der Waals surface area (Å²) in [6.07, 6.45) is 0. The van der Waals surface area contributed by atoms with Crippen molar-refractivity contribution in [3.63, 3.8) is 0 Å². The van der Waals surface area contributed by atoms with Crippen LogP contribution in [0, 0.1) is 12.8 Å². The molecule has 0 spiro atoms. The first kappa shape index (κ1) is 16.9. The number of carbonyl (C=O) groups excluding carboxylic acids is 1. The monoisotopic (exact) mass is 330 g/mol. The van der Waals surface area contributed by atoms with Gasteiger partial charge in [-0.05, 0) is 13.0 Å². The highest BCUT2D eigenvalue weighted by Crippen LogP contribution is 2.18. The van der Waals surface area contributed by atoms with Gasteiger partial charge in [-0.1, -0.05) is 0 Å². The van der Waals surface area contributed by atoms with Gasteiger partial charge in [0.05, 0.1) is 30.7 Å². The van der Waals surface area contributed by atoms with Crippen LogP contribution in [0.3, 0.4) is 0 Å². The topological polar surface area (TPSA) is 93.5 Å². The van der Waals surface area contributed by atoms with E-state index < -0.39 is 10.0 Å². The number of hydrogen-bond donors (Lipinski definition) is 1. The Morgan fingerprint density at radius 3 is 2.73 bits per heavy atom. The Balaban J connectivity index is 2.05. The summed E-state index contributed by atoms with van der Waals surface area (Å²) in [5.41, 5.74) is 1.20. The third-order valence-corrected chi connectivity index (χ3v) is 5.69. The zero-order valence-corrected chi connectivity index (χ0v) is 14.1. The quantitative estimate of drug-likeness (QED) is 0.775. The van der Waals surface area contributed by atoms with Gasteiger partial charge in [-0.25, -0.2) is 12.7 Å². The molecule has 1 fully saturated rings. The van der Waals surface area contributed by atoms with Gasteiger partial charge in [0.25, 0.3) is 5.91 Å². The standard InChI is InChI=1S/C13H22N4O4S/c1-9-5-12(17(4)15-9)13(18)14-11-7-21-6-10(11)8-22(19,20)16(2)3/h5,10-11H,6-8H2,1-4H3,(H,14,18)/t10-,11+/m0/s1. The summed E-state index contributed by atoms with van der Waals surface area (Å²) in [7, 11) is 1.36. The molecule has 8 nitrogen and oxygen atoms in total. The predicted octanol–water partition coefficient (Wildman–Crippen LogP) is -0.635. The summed E-state index contributed by atoms with van der Waals surface area (Å²) in [5, 5.41) is 6.98. The Morgan fingerprint density at radius 1 is 1.50 bits per heavy atom. The molecule has 0 unspecified atom stereocenters. The molecular formula is C13H22N4O4S. The summed E-state index contributed by atoms with van der Waals surface area (Å²) in [5.74, 6) is -0.577. The molecule has 1 aromatic rings. The lowest BCUT2D eigenvalue weighted by atomic mass is 10.1. The fourth-order valence-corrected chi connectivity index (χ4v) is 3.58. The van der Waals surface area contributed by atoms with Crippen LogP contribution in [-0.4, -0.2) is 67.5 Å². The Morgan fingerprint density at radius 2 is 2.18 bits per heavy atom. The zero-order chi connectivity index (χ0) is 16.5. The van der Waals surface area contributed by atoms with Crippen LogP contribution >= 0.6 is 0 Å². The van der Waals surface area contributed by atoms with Crippen LogP contribution in [0.4, 0.5) is 0 Å². The molecule has 1 saturated heterocycles. The summed E-state index contributed by atoms with van der Waals surface area (Å²) >= 11 is 0. The van der Waals surface area contributed by atoms with E-state index in [1.807, 2.05) is 6.92 Å². The number of carbonyl (C=O) groups is 1. The molecule has 1 aliphatic heterocycles. The first-order valence-electron chi connectivity index (χ1n) is 7.00. The van der Waals surface area contributed by atoms with E-state index in [0.717, 1.165) is 5.69 Å². The lowest BCUT2D eigenvalue weighted by molar-refractivity contribution is 0.0916. The van der Waals surface area contributed by atoms with Crippen LogP contribution in [0.5, 0.6) is 0 Å². The van der Waals surface area contributed by atoms with E-state index in [0.29, 0.717) is 18.9 Å². The molecule has 0 bridgehead atoms. The minimum absolute atomic E-state index is 0.0463. The molecule has 0 radical (unpaired) electrons. The molecule has 0 aromatic carbocycles. The van der Waals surface area contributed by atoms with E-state index in [1.165, 1.54) is 23.1 Å². The van der Waals surface area contributed by atoms with E-state index in [9.17, 15) is 13.2 Å². The van der Waals surface area contributed by atoms with Crippen molar-refractivity contribution in [2.45, 2.75) is 13.0 Å². The third kappa shape index (κ3) is 3.65. The van der Waals surface area contributed by atoms with Gasteiger partial charge in [-0.15, -0.1) is 0 Å². The van der Waals surface area contributed by atoms with Gasteiger partial charge in [0.15, 0.2) is 0 Å². The van der Waals surface area contributed by atoms with E-state index in [4.69, 9.17) is 4.74 Å². The summed E-state index contributed by atoms with van der Waals surface area (Å²) in [6.45, 7) is 2.44. The summed E-state index contributed by atoms with van der Waals surface area (Å²) in [4.78, 5) is 12.3. The van der Waals surface area contributed by atoms with Crippen LogP contribution in [-0.2, 0) is 21.8 Å². The fourth-order valence-electron chi connectivity index (χ4n) is 2.41. The molecule has 2 atom stereocenters. The Bertz CT molecular complexity index is 653. The van der Waals surface area contributed by atoms with E-state index in [1.54, 1.807) is 13.1 Å². The normalized spacial score (nSPS) is 22.2. The van der Waals surface area contributed by atoms with Gasteiger partial charge >= 0.3 is 0 Å². The Labute approximate surface area is 130 Å². The number of hydrogen-bond acceptors (Lipinski definition) is 5. The van der Waals surface area contributed by atoms with E-state index in [2.05, 4.69) is 10.4 Å². The lowest BCUT2D eigenvalue weighted by Crippen LogP contribution is -2.44. The number of nitrogens with one attached hydrogen (secondary N) is 1. The molecule has 1 aliphatic rings. The van der Waals surface area contributed by atoms with Gasteiger partial charge in [-0.2, -0.15) is 5.10 Å². The molecule has 0 saturated carbocycles. The van der Waals surface area contributed by atoms with Gasteiger partial charge in [-0.3, -0.25) is 9.48 Å². The van der Waals surface area contributed by atoms with Crippen LogP contribution in [0.1, 0.15) is 16.2 Å². The van der Waals surface area contributed by atoms with Crippen molar-refractivity contribution in [1.82, 2.24) is 19.4 Å². The molecule has 0 aliphatic carbocycles. The van der Waals surface area contributed by atoms with Crippen LogP contribution in [0.15, 0.2) is 6.07 Å². The SMILES string of the molecule is Cc1cc(C(=O)N[C@@H]2COC[C@H]2CS(=O)(=O)N(C)C)n(C)n1. The molecule has 22 heavy (non-hydrogen) atoms. The van der Waals surface area contributed by atoms with Gasteiger partial charge in [0.2, 0.25) is 10.0 Å². The second-order valence-corrected chi connectivity index (χ2v) is 7.96. The number of amides is 1. The van der Waals surface area contributed by atoms with Crippen molar-refractivity contribution >= 4 is 15.9 Å². The second-order valence-electron chi connectivity index (χ2n) is 5.73. The van der Waals surface area contributed by atoms with Crippen LogP contribution < -0.4 is 5.32 Å².